The van der Waals surface area contributed by atoms with E-state index < -0.39 is 6.10 Å². The van der Waals surface area contributed by atoms with Crippen LogP contribution in [0, 0.1) is 0 Å². The molecule has 1 aliphatic rings. The van der Waals surface area contributed by atoms with Crippen LogP contribution in [0.2, 0.25) is 0 Å². The van der Waals surface area contributed by atoms with Crippen LogP contribution in [-0.2, 0) is 6.54 Å². The van der Waals surface area contributed by atoms with Gasteiger partial charge >= 0.3 is 0 Å². The van der Waals surface area contributed by atoms with E-state index in [4.69, 9.17) is 19.9 Å². The summed E-state index contributed by atoms with van der Waals surface area (Å²) in [4.78, 5) is 16.0. The number of rotatable bonds is 7. The highest BCUT2D eigenvalue weighted by Gasteiger charge is 2.15. The van der Waals surface area contributed by atoms with Gasteiger partial charge in [0.15, 0.2) is 11.5 Å². The van der Waals surface area contributed by atoms with Gasteiger partial charge in [-0.15, -0.1) is 23.7 Å². The smallest absolute Gasteiger partial charge is 0.270 e. The minimum atomic E-state index is -0.855. The van der Waals surface area contributed by atoms with E-state index in [1.807, 2.05) is 0 Å². The maximum Gasteiger partial charge on any atom is 0.270 e. The van der Waals surface area contributed by atoms with Crippen molar-refractivity contribution in [1.29, 1.82) is 0 Å². The lowest BCUT2D eigenvalue weighted by molar-refractivity contribution is 0.0840. The van der Waals surface area contributed by atoms with Crippen LogP contribution in [0.1, 0.15) is 15.5 Å². The van der Waals surface area contributed by atoms with Crippen LogP contribution in [0.5, 0.6) is 17.2 Å². The van der Waals surface area contributed by atoms with Crippen LogP contribution in [0.3, 0.4) is 0 Å². The second-order valence-corrected chi connectivity index (χ2v) is 5.96. The fourth-order valence-corrected chi connectivity index (χ4v) is 2.68. The maximum atomic E-state index is 11.9. The molecule has 0 fully saturated rings. The summed E-state index contributed by atoms with van der Waals surface area (Å²) in [5.74, 6) is 1.47. The highest BCUT2D eigenvalue weighted by molar-refractivity contribution is 7.09. The number of hydrogen-bond donors (Lipinski definition) is 3. The van der Waals surface area contributed by atoms with Gasteiger partial charge in [-0.1, -0.05) is 0 Å². The Bertz CT molecular complexity index is 727. The Balaban J connectivity index is 0.00000225. The van der Waals surface area contributed by atoms with Crippen LogP contribution in [0.4, 0.5) is 0 Å². The molecule has 0 aliphatic carbocycles. The fourth-order valence-electron chi connectivity index (χ4n) is 2.03. The van der Waals surface area contributed by atoms with E-state index in [1.165, 1.54) is 11.3 Å². The molecule has 0 saturated carbocycles. The molecule has 25 heavy (non-hydrogen) atoms. The first-order valence-corrected chi connectivity index (χ1v) is 8.17. The standard InChI is InChI=1S/C15H17N3O5S.ClH/c16-4-14-18-11(7-24-14)15(20)17-5-9(19)6-21-10-1-2-12-13(3-10)23-8-22-12;/h1-3,7,9,19H,4-6,8,16H2,(H,17,20);1H. The average Bonchev–Trinajstić information content (AvgIpc) is 3.26. The van der Waals surface area contributed by atoms with Crippen LogP contribution < -0.4 is 25.3 Å². The zero-order valence-corrected chi connectivity index (χ0v) is 14.8. The van der Waals surface area contributed by atoms with Gasteiger partial charge < -0.3 is 30.4 Å². The molecule has 4 N–H and O–H groups in total. The van der Waals surface area contributed by atoms with Gasteiger partial charge in [-0.05, 0) is 12.1 Å². The van der Waals surface area contributed by atoms with E-state index in [1.54, 1.807) is 23.6 Å². The Hall–Kier alpha value is -2.07. The highest BCUT2D eigenvalue weighted by atomic mass is 35.5. The van der Waals surface area contributed by atoms with Gasteiger partial charge in [-0.25, -0.2) is 4.98 Å². The number of halogens is 1. The molecule has 1 aromatic heterocycles. The van der Waals surface area contributed by atoms with Gasteiger partial charge in [-0.2, -0.15) is 0 Å². The number of amides is 1. The Kier molecular flexibility index (Phi) is 6.82. The second kappa shape index (κ2) is 8.86. The Morgan fingerprint density at radius 2 is 2.24 bits per heavy atom. The summed E-state index contributed by atoms with van der Waals surface area (Å²) in [6, 6.07) is 5.16. The number of fused-ring (bicyclic) bond motifs is 1. The molecule has 1 unspecified atom stereocenters. The molecule has 8 nitrogen and oxygen atoms in total. The van der Waals surface area contributed by atoms with Crippen molar-refractivity contribution in [1.82, 2.24) is 10.3 Å². The van der Waals surface area contributed by atoms with Crippen molar-refractivity contribution in [2.24, 2.45) is 5.73 Å². The quantitative estimate of drug-likeness (QED) is 0.646. The number of nitrogens with zero attached hydrogens (tertiary/aromatic N) is 1. The van der Waals surface area contributed by atoms with Crippen molar-refractivity contribution >= 4 is 29.7 Å². The number of aliphatic hydroxyl groups is 1. The largest absolute Gasteiger partial charge is 0.491 e. The zero-order chi connectivity index (χ0) is 16.9. The fraction of sp³-hybridized carbons (Fsp3) is 0.333. The van der Waals surface area contributed by atoms with Gasteiger partial charge in [0.25, 0.3) is 5.91 Å². The predicted molar refractivity (Wildman–Crippen MR) is 93.7 cm³/mol. The lowest BCUT2D eigenvalue weighted by atomic mass is 10.3. The molecular formula is C15H18ClN3O5S. The van der Waals surface area contributed by atoms with Gasteiger partial charge in [0.1, 0.15) is 29.2 Å². The van der Waals surface area contributed by atoms with Crippen LogP contribution in [0.15, 0.2) is 23.6 Å². The summed E-state index contributed by atoms with van der Waals surface area (Å²) in [7, 11) is 0. The number of nitrogens with one attached hydrogen (secondary N) is 1. The van der Waals surface area contributed by atoms with Gasteiger partial charge in [-0.3, -0.25) is 4.79 Å². The zero-order valence-electron chi connectivity index (χ0n) is 13.1. The molecule has 2 heterocycles. The number of thiazole rings is 1. The monoisotopic (exact) mass is 387 g/mol. The Morgan fingerprint density at radius 3 is 3.00 bits per heavy atom. The minimum Gasteiger partial charge on any atom is -0.491 e. The topological polar surface area (TPSA) is 116 Å². The first kappa shape index (κ1) is 19.3. The van der Waals surface area contributed by atoms with Gasteiger partial charge in [0.2, 0.25) is 6.79 Å². The SMILES string of the molecule is Cl.NCc1nc(C(=O)NCC(O)COc2ccc3c(c2)OCO3)cs1. The van der Waals surface area contributed by atoms with Gasteiger partial charge in [0.05, 0.1) is 0 Å². The van der Waals surface area contributed by atoms with Gasteiger partial charge in [0, 0.05) is 24.5 Å². The number of aliphatic hydroxyl groups excluding tert-OH is 1. The molecule has 0 spiro atoms. The molecule has 0 radical (unpaired) electrons. The van der Waals surface area contributed by atoms with Crippen molar-refractivity contribution in [3.8, 4) is 17.2 Å². The van der Waals surface area contributed by atoms with E-state index >= 15 is 0 Å². The maximum absolute atomic E-state index is 11.9. The second-order valence-electron chi connectivity index (χ2n) is 5.02. The van der Waals surface area contributed by atoms with E-state index in [0.29, 0.717) is 34.5 Å². The summed E-state index contributed by atoms with van der Waals surface area (Å²) < 4.78 is 15.9. The molecule has 10 heteroatoms. The summed E-state index contributed by atoms with van der Waals surface area (Å²) in [6.07, 6.45) is -0.855. The molecule has 1 amide bonds. The normalized spacial score (nSPS) is 13.0. The number of benzene rings is 1. The van der Waals surface area contributed by atoms with Crippen molar-refractivity contribution in [3.05, 3.63) is 34.3 Å². The summed E-state index contributed by atoms with van der Waals surface area (Å²) in [5, 5.41) is 14.8. The minimum absolute atomic E-state index is 0. The summed E-state index contributed by atoms with van der Waals surface area (Å²) >= 11 is 1.32. The van der Waals surface area contributed by atoms with Crippen LogP contribution >= 0.6 is 23.7 Å². The predicted octanol–water partition coefficient (Wildman–Crippen LogP) is 0.922. The molecular weight excluding hydrogens is 370 g/mol. The van der Waals surface area contributed by atoms with Crippen molar-refractivity contribution in [2.75, 3.05) is 19.9 Å². The molecule has 2 aromatic rings. The van der Waals surface area contributed by atoms with E-state index in [2.05, 4.69) is 10.3 Å². The number of carbonyl (C=O) groups is 1. The van der Waals surface area contributed by atoms with E-state index in [0.717, 1.165) is 0 Å². The first-order chi connectivity index (χ1) is 11.7. The number of nitrogens with two attached hydrogens (primary N) is 1. The third-order valence-corrected chi connectivity index (χ3v) is 4.11. The number of ether oxygens (including phenoxy) is 3. The number of hydrogen-bond acceptors (Lipinski definition) is 8. The molecule has 1 aromatic carbocycles. The summed E-state index contributed by atoms with van der Waals surface area (Å²) in [5.41, 5.74) is 5.75. The first-order valence-electron chi connectivity index (χ1n) is 7.29. The average molecular weight is 388 g/mol. The van der Waals surface area contributed by atoms with Crippen molar-refractivity contribution in [2.45, 2.75) is 12.6 Å². The van der Waals surface area contributed by atoms with Crippen LogP contribution in [-0.4, -0.2) is 42.0 Å². The lowest BCUT2D eigenvalue weighted by Gasteiger charge is -2.13. The van der Waals surface area contributed by atoms with E-state index in [9.17, 15) is 9.90 Å². The molecule has 0 bridgehead atoms. The molecule has 1 atom stereocenters. The third-order valence-electron chi connectivity index (χ3n) is 3.24. The van der Waals surface area contributed by atoms with Crippen molar-refractivity contribution < 1.29 is 24.1 Å². The molecule has 136 valence electrons. The lowest BCUT2D eigenvalue weighted by Crippen LogP contribution is -2.35. The van der Waals surface area contributed by atoms with Crippen molar-refractivity contribution in [3.63, 3.8) is 0 Å². The molecule has 3 rings (SSSR count). The van der Waals surface area contributed by atoms with E-state index in [-0.39, 0.29) is 38.3 Å². The van der Waals surface area contributed by atoms with Crippen LogP contribution in [0.25, 0.3) is 0 Å². The molecule has 1 aliphatic heterocycles. The Labute approximate surface area is 154 Å². The highest BCUT2D eigenvalue weighted by Crippen LogP contribution is 2.35. The Morgan fingerprint density at radius 1 is 1.44 bits per heavy atom. The molecule has 0 saturated heterocycles. The number of carbonyl (C=O) groups excluding carboxylic acids is 1. The number of aromatic nitrogens is 1. The summed E-state index contributed by atoms with van der Waals surface area (Å²) in [6.45, 7) is 0.573. The third kappa shape index (κ3) is 4.95.